The number of nitrogens with one attached hydrogen (secondary N) is 1. The number of aliphatic hydroxyl groups excluding tert-OH is 2. The Bertz CT molecular complexity index is 1960. The van der Waals surface area contributed by atoms with E-state index >= 15 is 0 Å². The average molecular weight is 888 g/mol. The lowest BCUT2D eigenvalue weighted by atomic mass is 9.55. The molecule has 7 unspecified atom stereocenters. The lowest BCUT2D eigenvalue weighted by molar-refractivity contribution is -0.256. The van der Waals surface area contributed by atoms with Crippen LogP contribution in [0.4, 0.5) is 10.5 Å². The first kappa shape index (κ1) is 47.3. The van der Waals surface area contributed by atoms with Crippen molar-refractivity contribution < 1.29 is 53.1 Å². The number of likely N-dealkylation sites (N-methyl/N-ethyl adjacent to an activating group) is 1. The Kier molecular flexibility index (Phi) is 16.7. The molecule has 2 heterocycles. The van der Waals surface area contributed by atoms with Gasteiger partial charge in [0.25, 0.3) is 0 Å². The van der Waals surface area contributed by atoms with Gasteiger partial charge in [-0.25, -0.2) is 4.79 Å². The number of hydrogen-bond acceptors (Lipinski definition) is 12. The van der Waals surface area contributed by atoms with E-state index in [0.29, 0.717) is 66.9 Å². The van der Waals surface area contributed by atoms with Gasteiger partial charge in [0.2, 0.25) is 18.0 Å². The summed E-state index contributed by atoms with van der Waals surface area (Å²) in [6, 6.07) is 9.91. The molecule has 14 heteroatoms. The summed E-state index contributed by atoms with van der Waals surface area (Å²) < 4.78 is 37.2. The van der Waals surface area contributed by atoms with Crippen molar-refractivity contribution in [2.24, 2.45) is 28.8 Å². The van der Waals surface area contributed by atoms with Crippen LogP contribution in [0.15, 0.2) is 65.9 Å². The number of methoxy groups -OCH3 is 2. The number of ether oxygens (including phenoxy) is 6. The summed E-state index contributed by atoms with van der Waals surface area (Å²) in [5.41, 5.74) is 2.91. The van der Waals surface area contributed by atoms with Gasteiger partial charge in [-0.2, -0.15) is 0 Å². The average Bonchev–Trinajstić information content (AvgIpc) is 3.85. The fourth-order valence-corrected chi connectivity index (χ4v) is 10.8. The molecule has 3 aliphatic carbocycles. The number of fused-ring (bicyclic) bond motifs is 2. The SMILES string of the molecule is C=CCOC12Oc3ccc(OC(=O)Nc4ccc(OC)cc4OC)cc3C3C(CCCCO)C(CCCCO)C=C(C(=NOC4CCCCO4)CC1N(C)C(=O)CCC1CCCC1)C32. The summed E-state index contributed by atoms with van der Waals surface area (Å²) in [5.74, 6) is 0.355. The summed E-state index contributed by atoms with van der Waals surface area (Å²) in [5, 5.41) is 27.6. The van der Waals surface area contributed by atoms with Gasteiger partial charge in [0.1, 0.15) is 29.0 Å². The minimum atomic E-state index is -1.37. The number of oxime groups is 1. The molecule has 7 rings (SSSR count). The smallest absolute Gasteiger partial charge is 0.417 e. The highest BCUT2D eigenvalue weighted by Crippen LogP contribution is 2.62. The number of anilines is 1. The van der Waals surface area contributed by atoms with Gasteiger partial charge in [0.05, 0.1) is 44.8 Å². The van der Waals surface area contributed by atoms with Crippen LogP contribution in [0.25, 0.3) is 0 Å². The molecule has 2 aliphatic heterocycles. The van der Waals surface area contributed by atoms with Crippen LogP contribution < -0.4 is 24.3 Å². The molecule has 0 bridgehead atoms. The fraction of sp³-hybridized carbons (Fsp3) is 0.620. The van der Waals surface area contributed by atoms with Gasteiger partial charge in [0.15, 0.2) is 0 Å². The van der Waals surface area contributed by atoms with E-state index in [9.17, 15) is 19.8 Å². The number of allylic oxidation sites excluding steroid dienone is 1. The zero-order valence-electron chi connectivity index (χ0n) is 38.0. The lowest BCUT2D eigenvalue weighted by Gasteiger charge is -2.59. The number of unbranched alkanes of at least 4 members (excludes halogenated alkanes) is 2. The van der Waals surface area contributed by atoms with E-state index in [4.69, 9.17) is 38.4 Å². The highest BCUT2D eigenvalue weighted by Gasteiger charge is 2.65. The van der Waals surface area contributed by atoms with Gasteiger partial charge < -0.3 is 48.4 Å². The van der Waals surface area contributed by atoms with Gasteiger partial charge in [-0.05, 0) is 98.6 Å². The molecule has 2 aromatic rings. The van der Waals surface area contributed by atoms with Gasteiger partial charge in [0, 0.05) is 57.1 Å². The maximum absolute atomic E-state index is 14.5. The molecule has 3 fully saturated rings. The highest BCUT2D eigenvalue weighted by atomic mass is 16.8. The highest BCUT2D eigenvalue weighted by molar-refractivity contribution is 6.03. The number of rotatable bonds is 21. The molecule has 14 nitrogen and oxygen atoms in total. The maximum Gasteiger partial charge on any atom is 0.417 e. The second-order valence-corrected chi connectivity index (χ2v) is 17.9. The standard InChI is InChI=1S/C50H69N3O11/c1-5-27-61-50-44(53(2)45(56)24-19-33-14-6-7-15-33)32-41(52-64-46-18-10-13-28-60-46)38-29-34(16-8-11-25-54)37(17-9-12-26-55)47(48(38)50)39-30-36(21-23-42(39)63-50)62-49(57)51-40-22-20-35(58-3)31-43(40)59-4/h5,20-23,29-31,33-34,37,44,46-48,54-55H,1,6-19,24-28,32H2,2-4H3,(H,51,57). The zero-order valence-corrected chi connectivity index (χ0v) is 38.0. The van der Waals surface area contributed by atoms with Crippen LogP contribution in [0.3, 0.4) is 0 Å². The number of aliphatic hydroxyl groups is 2. The molecule has 350 valence electrons. The minimum Gasteiger partial charge on any atom is -0.497 e. The van der Waals surface area contributed by atoms with Crippen LogP contribution in [-0.4, -0.2) is 98.6 Å². The van der Waals surface area contributed by atoms with Gasteiger partial charge in [-0.1, -0.05) is 55.8 Å². The first-order valence-electron chi connectivity index (χ1n) is 23.6. The molecular formula is C50H69N3O11. The predicted molar refractivity (Wildman–Crippen MR) is 243 cm³/mol. The van der Waals surface area contributed by atoms with Crippen LogP contribution in [0.2, 0.25) is 0 Å². The number of nitrogens with zero attached hydrogens (tertiary/aromatic N) is 2. The second-order valence-electron chi connectivity index (χ2n) is 17.9. The van der Waals surface area contributed by atoms with Gasteiger partial charge in [-0.15, -0.1) is 6.58 Å². The van der Waals surface area contributed by atoms with E-state index in [0.717, 1.165) is 81.1 Å². The Balaban J connectivity index is 1.34. The zero-order chi connectivity index (χ0) is 45.1. The maximum atomic E-state index is 14.5. The van der Waals surface area contributed by atoms with Gasteiger partial charge >= 0.3 is 6.09 Å². The van der Waals surface area contributed by atoms with Crippen molar-refractivity contribution in [3.63, 3.8) is 0 Å². The normalized spacial score (nSPS) is 26.8. The van der Waals surface area contributed by atoms with Crippen molar-refractivity contribution >= 4 is 23.4 Å². The van der Waals surface area contributed by atoms with Crippen molar-refractivity contribution in [3.8, 4) is 23.0 Å². The molecule has 3 N–H and O–H groups in total. The molecule has 0 spiro atoms. The molecule has 64 heavy (non-hydrogen) atoms. The molecule has 1 saturated heterocycles. The number of amides is 2. The Morgan fingerprint density at radius 3 is 2.44 bits per heavy atom. The molecule has 2 amide bonds. The van der Waals surface area contributed by atoms with E-state index < -0.39 is 30.1 Å². The third-order valence-electron chi connectivity index (χ3n) is 14.0. The monoisotopic (exact) mass is 887 g/mol. The predicted octanol–water partition coefficient (Wildman–Crippen LogP) is 8.90. The number of carbonyl (C=O) groups is 2. The third-order valence-corrected chi connectivity index (χ3v) is 14.0. The Hall–Kier alpha value is -4.63. The van der Waals surface area contributed by atoms with Crippen LogP contribution in [-0.2, 0) is 19.1 Å². The number of carbonyl (C=O) groups excluding carboxylic acids is 2. The Labute approximate surface area is 378 Å². The topological polar surface area (TPSA) is 167 Å². The number of benzene rings is 2. The molecular weight excluding hydrogens is 819 g/mol. The summed E-state index contributed by atoms with van der Waals surface area (Å²) in [7, 11) is 4.93. The molecule has 5 aliphatic rings. The second kappa shape index (κ2) is 22.5. The number of hydrogen-bond donors (Lipinski definition) is 3. The van der Waals surface area contributed by atoms with Crippen molar-refractivity contribution in [2.75, 3.05) is 53.0 Å². The van der Waals surface area contributed by atoms with Crippen LogP contribution in [0, 0.1) is 23.7 Å². The van der Waals surface area contributed by atoms with Crippen molar-refractivity contribution in [1.82, 2.24) is 4.90 Å². The lowest BCUT2D eigenvalue weighted by Crippen LogP contribution is -2.69. The minimum absolute atomic E-state index is 0.00644. The molecule has 0 radical (unpaired) electrons. The van der Waals surface area contributed by atoms with Crippen LogP contribution >= 0.6 is 0 Å². The fourth-order valence-electron chi connectivity index (χ4n) is 10.8. The van der Waals surface area contributed by atoms with E-state index in [2.05, 4.69) is 18.0 Å². The summed E-state index contributed by atoms with van der Waals surface area (Å²) in [6.45, 7) is 4.96. The summed E-state index contributed by atoms with van der Waals surface area (Å²) in [6.07, 6.45) is 16.3. The van der Waals surface area contributed by atoms with Crippen molar-refractivity contribution in [2.45, 2.75) is 127 Å². The molecule has 2 aromatic carbocycles. The summed E-state index contributed by atoms with van der Waals surface area (Å²) >= 11 is 0. The molecule has 2 saturated carbocycles. The van der Waals surface area contributed by atoms with E-state index in [-0.39, 0.29) is 43.5 Å². The first-order valence-corrected chi connectivity index (χ1v) is 23.6. The summed E-state index contributed by atoms with van der Waals surface area (Å²) in [4.78, 5) is 36.1. The quantitative estimate of drug-likeness (QED) is 0.0623. The third kappa shape index (κ3) is 10.7. The largest absolute Gasteiger partial charge is 0.497 e. The van der Waals surface area contributed by atoms with Gasteiger partial charge in [-0.3, -0.25) is 10.1 Å². The van der Waals surface area contributed by atoms with E-state index in [1.165, 1.54) is 20.0 Å². The molecule has 0 aromatic heterocycles. The Morgan fingerprint density at radius 1 is 0.953 bits per heavy atom. The van der Waals surface area contributed by atoms with E-state index in [1.807, 2.05) is 24.1 Å². The molecule has 7 atom stereocenters. The van der Waals surface area contributed by atoms with Crippen molar-refractivity contribution in [3.05, 3.63) is 66.3 Å². The van der Waals surface area contributed by atoms with Crippen LogP contribution in [0.1, 0.15) is 114 Å². The van der Waals surface area contributed by atoms with Crippen molar-refractivity contribution in [1.29, 1.82) is 0 Å². The first-order chi connectivity index (χ1) is 31.2. The van der Waals surface area contributed by atoms with E-state index in [1.54, 1.807) is 37.5 Å². The van der Waals surface area contributed by atoms with Crippen LogP contribution in [0.5, 0.6) is 23.0 Å². The Morgan fingerprint density at radius 2 is 1.72 bits per heavy atom.